The molecule has 3 rings (SSSR count). The van der Waals surface area contributed by atoms with E-state index in [0.717, 1.165) is 0 Å². The summed E-state index contributed by atoms with van der Waals surface area (Å²) in [7, 11) is 0. The summed E-state index contributed by atoms with van der Waals surface area (Å²) in [5.41, 5.74) is 0. The number of rotatable bonds is 6. The van der Waals surface area contributed by atoms with Gasteiger partial charge in [-0.2, -0.15) is 0 Å². The molecular formula is C18H32O15. The van der Waals surface area contributed by atoms with Gasteiger partial charge in [-0.1, -0.05) is 0 Å². The van der Waals surface area contributed by atoms with Gasteiger partial charge in [-0.25, -0.2) is 0 Å². The van der Waals surface area contributed by atoms with Crippen LogP contribution in [-0.4, -0.2) is 156 Å². The highest BCUT2D eigenvalue weighted by Gasteiger charge is 2.53. The van der Waals surface area contributed by atoms with Crippen molar-refractivity contribution < 1.29 is 74.7 Å². The second-order valence-electron chi connectivity index (χ2n) is 8.32. The molecular weight excluding hydrogens is 456 g/mol. The van der Waals surface area contributed by atoms with E-state index in [0.29, 0.717) is 0 Å². The minimum Gasteiger partial charge on any atom is -0.394 e. The lowest BCUT2D eigenvalue weighted by atomic mass is 9.96. The molecule has 15 atom stereocenters. The molecule has 3 saturated heterocycles. The Bertz CT molecular complexity index is 624. The first-order valence-corrected chi connectivity index (χ1v) is 10.4. The van der Waals surface area contributed by atoms with Crippen LogP contribution in [0.4, 0.5) is 0 Å². The van der Waals surface area contributed by atoms with Crippen LogP contribution in [0.3, 0.4) is 0 Å². The van der Waals surface area contributed by atoms with Crippen molar-refractivity contribution in [2.75, 3.05) is 13.2 Å². The van der Waals surface area contributed by atoms with E-state index in [1.54, 1.807) is 0 Å². The van der Waals surface area contributed by atoms with Crippen molar-refractivity contribution in [2.24, 2.45) is 0 Å². The van der Waals surface area contributed by atoms with Crippen LogP contribution in [0.5, 0.6) is 0 Å². The molecule has 1 unspecified atom stereocenters. The van der Waals surface area contributed by atoms with Crippen molar-refractivity contribution >= 4 is 0 Å². The molecule has 0 saturated carbocycles. The maximum absolute atomic E-state index is 10.6. The standard InChI is InChI=1S/C18H32O15/c1-4-7(21)9(23)13(27)17(29-4)33-15-10(24)8(22)5(2-19)31-18(15)32-14-6(3-20)30-16(28)12(26)11(14)25/h4-28H,2-3H2,1H3/t4-,5+,6+,7+,8-,9+,10-,11-,12+,13-,14+,15+,16?,17-,18-/m0/s1. The van der Waals surface area contributed by atoms with Gasteiger partial charge in [0.05, 0.1) is 19.3 Å². The van der Waals surface area contributed by atoms with Crippen LogP contribution in [0.2, 0.25) is 0 Å². The van der Waals surface area contributed by atoms with Crippen LogP contribution < -0.4 is 0 Å². The van der Waals surface area contributed by atoms with Gasteiger partial charge in [0.2, 0.25) is 0 Å². The monoisotopic (exact) mass is 488 g/mol. The quantitative estimate of drug-likeness (QED) is 0.167. The zero-order chi connectivity index (χ0) is 24.6. The van der Waals surface area contributed by atoms with E-state index in [9.17, 15) is 51.1 Å². The lowest BCUT2D eigenvalue weighted by Crippen LogP contribution is -2.66. The summed E-state index contributed by atoms with van der Waals surface area (Å²) in [6.07, 6.45) is -24.1. The van der Waals surface area contributed by atoms with E-state index < -0.39 is 105 Å². The van der Waals surface area contributed by atoms with Crippen LogP contribution in [0.25, 0.3) is 0 Å². The van der Waals surface area contributed by atoms with Crippen LogP contribution in [0.15, 0.2) is 0 Å². The smallest absolute Gasteiger partial charge is 0.187 e. The minimum absolute atomic E-state index is 0.760. The molecule has 3 aliphatic rings. The second-order valence-corrected chi connectivity index (χ2v) is 8.32. The average molecular weight is 488 g/mol. The van der Waals surface area contributed by atoms with E-state index in [4.69, 9.17) is 23.7 Å². The lowest BCUT2D eigenvalue weighted by molar-refractivity contribution is -0.385. The fraction of sp³-hybridized carbons (Fsp3) is 1.00. The summed E-state index contributed by atoms with van der Waals surface area (Å²) in [5.74, 6) is 0. The van der Waals surface area contributed by atoms with Crippen molar-refractivity contribution in [1.82, 2.24) is 0 Å². The van der Waals surface area contributed by atoms with Crippen molar-refractivity contribution in [3.8, 4) is 0 Å². The predicted octanol–water partition coefficient (Wildman–Crippen LogP) is -6.55. The number of aliphatic hydroxyl groups is 10. The first-order valence-electron chi connectivity index (χ1n) is 10.4. The van der Waals surface area contributed by atoms with Gasteiger partial charge in [0.1, 0.15) is 67.1 Å². The van der Waals surface area contributed by atoms with Gasteiger partial charge in [-0.05, 0) is 6.92 Å². The molecule has 0 aromatic heterocycles. The fourth-order valence-electron chi connectivity index (χ4n) is 3.98. The summed E-state index contributed by atoms with van der Waals surface area (Å²) >= 11 is 0. The molecule has 0 amide bonds. The van der Waals surface area contributed by atoms with Crippen molar-refractivity contribution in [1.29, 1.82) is 0 Å². The Balaban J connectivity index is 1.83. The molecule has 3 heterocycles. The Hall–Kier alpha value is -0.600. The zero-order valence-corrected chi connectivity index (χ0v) is 17.6. The third-order valence-corrected chi connectivity index (χ3v) is 6.05. The third kappa shape index (κ3) is 5.32. The van der Waals surface area contributed by atoms with Crippen LogP contribution >= 0.6 is 0 Å². The van der Waals surface area contributed by atoms with Gasteiger partial charge in [0.15, 0.2) is 18.9 Å². The third-order valence-electron chi connectivity index (χ3n) is 6.05. The molecule has 0 aliphatic carbocycles. The van der Waals surface area contributed by atoms with Crippen LogP contribution in [0.1, 0.15) is 6.92 Å². The van der Waals surface area contributed by atoms with E-state index in [2.05, 4.69) is 0 Å². The summed E-state index contributed by atoms with van der Waals surface area (Å²) < 4.78 is 26.9. The van der Waals surface area contributed by atoms with Gasteiger partial charge in [0.25, 0.3) is 0 Å². The van der Waals surface area contributed by atoms with Gasteiger partial charge < -0.3 is 74.7 Å². The number of ether oxygens (including phenoxy) is 5. The highest BCUT2D eigenvalue weighted by atomic mass is 16.8. The predicted molar refractivity (Wildman–Crippen MR) is 99.8 cm³/mol. The van der Waals surface area contributed by atoms with Crippen LogP contribution in [0, 0.1) is 0 Å². The Morgan fingerprint density at radius 2 is 1.12 bits per heavy atom. The van der Waals surface area contributed by atoms with Crippen LogP contribution in [-0.2, 0) is 23.7 Å². The first kappa shape index (κ1) is 27.0. The molecule has 194 valence electrons. The molecule has 3 aliphatic heterocycles. The second kappa shape index (κ2) is 11.0. The SMILES string of the molecule is C[C@@H]1O[C@@H](O[C@H]2[C@H](O[C@H]3[C@@H](O)[C@@H](O)C(O)O[C@@H]3CO)O[C@H](CO)[C@H](O)[C@@H]2O)[C@@H](O)[C@H](O)[C@@H]1O. The number of hydrogen-bond acceptors (Lipinski definition) is 15. The van der Waals surface area contributed by atoms with Gasteiger partial charge in [-0.15, -0.1) is 0 Å². The molecule has 0 spiro atoms. The summed E-state index contributed by atoms with van der Waals surface area (Å²) in [6.45, 7) is -0.128. The molecule has 10 N–H and O–H groups in total. The van der Waals surface area contributed by atoms with Crippen molar-refractivity contribution in [3.05, 3.63) is 0 Å². The van der Waals surface area contributed by atoms with E-state index in [1.807, 2.05) is 0 Å². The molecule has 33 heavy (non-hydrogen) atoms. The van der Waals surface area contributed by atoms with Gasteiger partial charge >= 0.3 is 0 Å². The molecule has 15 heteroatoms. The first-order chi connectivity index (χ1) is 15.5. The molecule has 0 radical (unpaired) electrons. The Morgan fingerprint density at radius 3 is 1.73 bits per heavy atom. The summed E-state index contributed by atoms with van der Waals surface area (Å²) in [5, 5.41) is 99.8. The van der Waals surface area contributed by atoms with E-state index in [1.165, 1.54) is 6.92 Å². The van der Waals surface area contributed by atoms with Crippen molar-refractivity contribution in [3.63, 3.8) is 0 Å². The van der Waals surface area contributed by atoms with Crippen molar-refractivity contribution in [2.45, 2.75) is 99.0 Å². The Labute approximate surface area is 187 Å². The minimum atomic E-state index is -1.83. The van der Waals surface area contributed by atoms with E-state index >= 15 is 0 Å². The lowest BCUT2D eigenvalue weighted by Gasteiger charge is -2.48. The Kier molecular flexibility index (Phi) is 8.99. The highest BCUT2D eigenvalue weighted by Crippen LogP contribution is 2.32. The molecule has 0 aromatic rings. The number of aliphatic hydroxyl groups excluding tert-OH is 10. The maximum atomic E-state index is 10.6. The number of hydrogen-bond donors (Lipinski definition) is 10. The Morgan fingerprint density at radius 1 is 0.545 bits per heavy atom. The zero-order valence-electron chi connectivity index (χ0n) is 17.6. The maximum Gasteiger partial charge on any atom is 0.187 e. The largest absolute Gasteiger partial charge is 0.394 e. The highest BCUT2D eigenvalue weighted by molar-refractivity contribution is 4.95. The molecule has 0 bridgehead atoms. The average Bonchev–Trinajstić information content (AvgIpc) is 2.80. The van der Waals surface area contributed by atoms with Gasteiger partial charge in [-0.3, -0.25) is 0 Å². The molecule has 15 nitrogen and oxygen atoms in total. The summed E-state index contributed by atoms with van der Waals surface area (Å²) in [4.78, 5) is 0. The topological polar surface area (TPSA) is 248 Å². The summed E-state index contributed by atoms with van der Waals surface area (Å²) in [6, 6.07) is 0. The van der Waals surface area contributed by atoms with Gasteiger partial charge in [0, 0.05) is 0 Å². The molecule has 3 fully saturated rings. The fourth-order valence-corrected chi connectivity index (χ4v) is 3.98. The normalized spacial score (nSPS) is 53.7. The van der Waals surface area contributed by atoms with E-state index in [-0.39, 0.29) is 0 Å². The molecule has 0 aromatic carbocycles.